The first-order valence-corrected chi connectivity index (χ1v) is 11.5. The van der Waals surface area contributed by atoms with Crippen LogP contribution in [0.5, 0.6) is 5.88 Å². The smallest absolute Gasteiger partial charge is 0.257 e. The normalized spacial score (nSPS) is 16.1. The van der Waals surface area contributed by atoms with Crippen LogP contribution in [0, 0.1) is 17.7 Å². The third-order valence-electron chi connectivity index (χ3n) is 5.80. The van der Waals surface area contributed by atoms with E-state index in [1.807, 2.05) is 0 Å². The van der Waals surface area contributed by atoms with Gasteiger partial charge in [0.05, 0.1) is 12.3 Å². The van der Waals surface area contributed by atoms with Crippen molar-refractivity contribution in [1.29, 1.82) is 0 Å². The maximum Gasteiger partial charge on any atom is 0.257 e. The Balaban J connectivity index is 1.41. The van der Waals surface area contributed by atoms with Gasteiger partial charge >= 0.3 is 0 Å². The first-order valence-electron chi connectivity index (χ1n) is 11.1. The van der Waals surface area contributed by atoms with Crippen LogP contribution in [0.1, 0.15) is 12.8 Å². The number of rotatable bonds is 8. The maximum absolute atomic E-state index is 14.5. The summed E-state index contributed by atoms with van der Waals surface area (Å²) in [5.41, 5.74) is 1.74. The molecule has 1 saturated heterocycles. The second-order valence-electron chi connectivity index (χ2n) is 8.79. The van der Waals surface area contributed by atoms with Crippen molar-refractivity contribution in [1.82, 2.24) is 20.1 Å². The largest absolute Gasteiger partial charge is 0.475 e. The number of hydrogen-bond donors (Lipinski definition) is 2. The number of carbonyl (C=O) groups excluding carboxylic acids is 1. The highest BCUT2D eigenvalue weighted by atomic mass is 35.5. The summed E-state index contributed by atoms with van der Waals surface area (Å²) < 4.78 is 20.4. The number of nitrogens with zero attached hydrogens (tertiary/aromatic N) is 4. The number of halogens is 2. The molecule has 1 saturated carbocycles. The Bertz CT molecular complexity index is 1220. The number of ether oxygens (including phenoxy) is 1. The molecule has 3 heterocycles. The lowest BCUT2D eigenvalue weighted by atomic mass is 10.0. The number of carbonyl (C=O) groups is 1. The van der Waals surface area contributed by atoms with Crippen LogP contribution >= 0.6 is 11.6 Å². The molecule has 0 radical (unpaired) electrons. The summed E-state index contributed by atoms with van der Waals surface area (Å²) in [5.74, 6) is 0.762. The van der Waals surface area contributed by atoms with Crippen molar-refractivity contribution in [3.63, 3.8) is 0 Å². The fraction of sp³-hybridized carbons (Fsp3) is 0.333. The van der Waals surface area contributed by atoms with E-state index >= 15 is 0 Å². The SMILES string of the molecule is CN1CC(COc2nnc(-c3cc(Cl)ccc3F)cc2Nc2ccnc(NC(=O)C3CC3)c2)C1. The van der Waals surface area contributed by atoms with Crippen molar-refractivity contribution in [3.8, 4) is 17.1 Å². The van der Waals surface area contributed by atoms with Crippen LogP contribution in [0.25, 0.3) is 11.3 Å². The molecule has 0 bridgehead atoms. The molecule has 1 aliphatic heterocycles. The van der Waals surface area contributed by atoms with E-state index in [1.165, 1.54) is 18.2 Å². The number of anilines is 3. The Kier molecular flexibility index (Phi) is 6.30. The fourth-order valence-electron chi connectivity index (χ4n) is 3.84. The van der Waals surface area contributed by atoms with Gasteiger partial charge in [0, 0.05) is 53.5 Å². The summed E-state index contributed by atoms with van der Waals surface area (Å²) in [6, 6.07) is 9.44. The van der Waals surface area contributed by atoms with E-state index in [4.69, 9.17) is 16.3 Å². The molecule has 176 valence electrons. The molecule has 2 fully saturated rings. The van der Waals surface area contributed by atoms with Crippen LogP contribution in [-0.4, -0.2) is 52.7 Å². The Morgan fingerprint density at radius 3 is 2.79 bits per heavy atom. The highest BCUT2D eigenvalue weighted by Crippen LogP contribution is 2.33. The molecule has 8 nitrogen and oxygen atoms in total. The monoisotopic (exact) mass is 482 g/mol. The molecule has 34 heavy (non-hydrogen) atoms. The molecular formula is C24H24ClFN6O2. The summed E-state index contributed by atoms with van der Waals surface area (Å²) in [6.07, 6.45) is 3.42. The Morgan fingerprint density at radius 2 is 2.03 bits per heavy atom. The molecule has 1 amide bonds. The van der Waals surface area contributed by atoms with Crippen LogP contribution in [0.4, 0.5) is 21.6 Å². The standard InChI is InChI=1S/C24H24ClFN6O2/c1-32-11-14(12-32)13-34-24-21(10-20(30-31-24)18-8-16(25)4-5-19(18)26)28-17-6-7-27-22(9-17)29-23(33)15-2-3-15/h4-10,14-15H,2-3,11-13H2,1H3,(H2,27,28,29,30,33). The molecule has 5 rings (SSSR count). The van der Waals surface area contributed by atoms with Crippen molar-refractivity contribution >= 4 is 34.7 Å². The van der Waals surface area contributed by atoms with Crippen molar-refractivity contribution in [2.24, 2.45) is 11.8 Å². The minimum atomic E-state index is -0.454. The summed E-state index contributed by atoms with van der Waals surface area (Å²) in [6.45, 7) is 2.41. The predicted octanol–water partition coefficient (Wildman–Crippen LogP) is 4.36. The van der Waals surface area contributed by atoms with E-state index in [1.54, 1.807) is 24.4 Å². The first-order chi connectivity index (χ1) is 16.4. The van der Waals surface area contributed by atoms with Crippen molar-refractivity contribution in [2.75, 3.05) is 37.4 Å². The second-order valence-corrected chi connectivity index (χ2v) is 9.23. The van der Waals surface area contributed by atoms with Gasteiger partial charge in [-0.05, 0) is 50.2 Å². The van der Waals surface area contributed by atoms with Crippen LogP contribution in [-0.2, 0) is 4.79 Å². The van der Waals surface area contributed by atoms with E-state index in [-0.39, 0.29) is 17.4 Å². The van der Waals surface area contributed by atoms with Gasteiger partial charge in [-0.25, -0.2) is 9.37 Å². The average molecular weight is 483 g/mol. The van der Waals surface area contributed by atoms with Gasteiger partial charge in [-0.3, -0.25) is 4.79 Å². The highest BCUT2D eigenvalue weighted by molar-refractivity contribution is 6.30. The molecule has 2 aliphatic rings. The lowest BCUT2D eigenvalue weighted by Gasteiger charge is -2.35. The molecule has 10 heteroatoms. The number of benzene rings is 1. The van der Waals surface area contributed by atoms with Gasteiger partial charge in [0.1, 0.15) is 17.3 Å². The number of likely N-dealkylation sites (tertiary alicyclic amines) is 1. The van der Waals surface area contributed by atoms with E-state index in [9.17, 15) is 9.18 Å². The zero-order valence-corrected chi connectivity index (χ0v) is 19.3. The lowest BCUT2D eigenvalue weighted by Crippen LogP contribution is -2.46. The minimum Gasteiger partial charge on any atom is -0.475 e. The molecular weight excluding hydrogens is 459 g/mol. The number of aromatic nitrogens is 3. The quantitative estimate of drug-likeness (QED) is 0.492. The van der Waals surface area contributed by atoms with Gasteiger partial charge in [0.15, 0.2) is 0 Å². The Morgan fingerprint density at radius 1 is 1.21 bits per heavy atom. The van der Waals surface area contributed by atoms with Gasteiger partial charge < -0.3 is 20.3 Å². The molecule has 1 aromatic carbocycles. The van der Waals surface area contributed by atoms with Gasteiger partial charge in [0.25, 0.3) is 5.88 Å². The van der Waals surface area contributed by atoms with Gasteiger partial charge in [-0.15, -0.1) is 10.2 Å². The van der Waals surface area contributed by atoms with Crippen molar-refractivity contribution in [3.05, 3.63) is 53.4 Å². The second kappa shape index (κ2) is 9.52. The number of nitrogens with one attached hydrogen (secondary N) is 2. The Hall–Kier alpha value is -3.30. The maximum atomic E-state index is 14.5. The van der Waals surface area contributed by atoms with Gasteiger partial charge in [-0.1, -0.05) is 11.6 Å². The zero-order valence-electron chi connectivity index (χ0n) is 18.6. The van der Waals surface area contributed by atoms with E-state index in [0.717, 1.165) is 25.9 Å². The van der Waals surface area contributed by atoms with Crippen molar-refractivity contribution < 1.29 is 13.9 Å². The number of pyridine rings is 1. The molecule has 0 atom stereocenters. The van der Waals surface area contributed by atoms with E-state index in [0.29, 0.717) is 46.3 Å². The van der Waals surface area contributed by atoms with Crippen LogP contribution in [0.2, 0.25) is 5.02 Å². The molecule has 1 aliphatic carbocycles. The molecule has 0 spiro atoms. The number of hydrogen-bond acceptors (Lipinski definition) is 7. The van der Waals surface area contributed by atoms with E-state index in [2.05, 4.69) is 37.8 Å². The van der Waals surface area contributed by atoms with Crippen LogP contribution in [0.3, 0.4) is 0 Å². The van der Waals surface area contributed by atoms with Crippen LogP contribution in [0.15, 0.2) is 42.6 Å². The first kappa shape index (κ1) is 22.5. The average Bonchev–Trinajstić information content (AvgIpc) is 3.64. The zero-order chi connectivity index (χ0) is 23.7. The third kappa shape index (κ3) is 5.26. The summed E-state index contributed by atoms with van der Waals surface area (Å²) in [5, 5.41) is 14.9. The third-order valence-corrected chi connectivity index (χ3v) is 6.03. The minimum absolute atomic E-state index is 0.0246. The molecule has 2 aromatic heterocycles. The highest BCUT2D eigenvalue weighted by Gasteiger charge is 2.30. The fourth-order valence-corrected chi connectivity index (χ4v) is 4.01. The topological polar surface area (TPSA) is 92.3 Å². The summed E-state index contributed by atoms with van der Waals surface area (Å²) in [7, 11) is 2.06. The lowest BCUT2D eigenvalue weighted by molar-refractivity contribution is -0.117. The van der Waals surface area contributed by atoms with E-state index < -0.39 is 5.82 Å². The molecule has 3 aromatic rings. The van der Waals surface area contributed by atoms with Crippen LogP contribution < -0.4 is 15.4 Å². The summed E-state index contributed by atoms with van der Waals surface area (Å²) in [4.78, 5) is 18.5. The van der Waals surface area contributed by atoms with Crippen molar-refractivity contribution in [2.45, 2.75) is 12.8 Å². The molecule has 2 N–H and O–H groups in total. The number of amides is 1. The van der Waals surface area contributed by atoms with Gasteiger partial charge in [0.2, 0.25) is 5.91 Å². The Labute approximate surface area is 201 Å². The predicted molar refractivity (Wildman–Crippen MR) is 128 cm³/mol. The van der Waals surface area contributed by atoms with Gasteiger partial charge in [-0.2, -0.15) is 0 Å². The summed E-state index contributed by atoms with van der Waals surface area (Å²) >= 11 is 6.07. The molecule has 0 unspecified atom stereocenters.